The Bertz CT molecular complexity index is 404. The van der Waals surface area contributed by atoms with Crippen molar-refractivity contribution < 1.29 is 9.53 Å². The van der Waals surface area contributed by atoms with Gasteiger partial charge in [-0.15, -0.1) is 0 Å². The Labute approximate surface area is 111 Å². The zero-order valence-electron chi connectivity index (χ0n) is 10.7. The SMILES string of the molecule is CCOC(=O)C(c1cc(Br)ccc1C)N(C)C. The molecule has 1 aromatic carbocycles. The summed E-state index contributed by atoms with van der Waals surface area (Å²) in [5, 5.41) is 0. The Morgan fingerprint density at radius 1 is 1.47 bits per heavy atom. The summed E-state index contributed by atoms with van der Waals surface area (Å²) in [6, 6.07) is 5.58. The molecule has 0 fully saturated rings. The Morgan fingerprint density at radius 2 is 2.12 bits per heavy atom. The number of ether oxygens (including phenoxy) is 1. The lowest BCUT2D eigenvalue weighted by Crippen LogP contribution is -2.30. The van der Waals surface area contributed by atoms with Crippen LogP contribution in [0.1, 0.15) is 24.1 Å². The second-order valence-electron chi connectivity index (χ2n) is 4.12. The van der Waals surface area contributed by atoms with Crippen LogP contribution < -0.4 is 0 Å². The number of likely N-dealkylation sites (N-methyl/N-ethyl adjacent to an activating group) is 1. The van der Waals surface area contributed by atoms with E-state index in [1.807, 2.05) is 51.0 Å². The third-order valence-electron chi connectivity index (χ3n) is 2.56. The van der Waals surface area contributed by atoms with Crippen molar-refractivity contribution in [2.45, 2.75) is 19.9 Å². The first-order valence-corrected chi connectivity index (χ1v) is 6.35. The molecule has 0 saturated carbocycles. The highest BCUT2D eigenvalue weighted by atomic mass is 79.9. The maximum Gasteiger partial charge on any atom is 0.327 e. The van der Waals surface area contributed by atoms with Crippen LogP contribution in [0.2, 0.25) is 0 Å². The van der Waals surface area contributed by atoms with Crippen LogP contribution in [-0.2, 0) is 9.53 Å². The number of hydrogen-bond acceptors (Lipinski definition) is 3. The van der Waals surface area contributed by atoms with E-state index in [0.29, 0.717) is 6.61 Å². The first-order chi connectivity index (χ1) is 7.97. The lowest BCUT2D eigenvalue weighted by molar-refractivity contribution is -0.148. The molecule has 3 nitrogen and oxygen atoms in total. The maximum absolute atomic E-state index is 12.0. The molecule has 0 aliphatic rings. The van der Waals surface area contributed by atoms with Crippen molar-refractivity contribution in [3.05, 3.63) is 33.8 Å². The third-order valence-corrected chi connectivity index (χ3v) is 3.06. The summed E-state index contributed by atoms with van der Waals surface area (Å²) in [5.41, 5.74) is 2.06. The number of rotatable bonds is 4. The van der Waals surface area contributed by atoms with Crippen LogP contribution in [0.3, 0.4) is 0 Å². The maximum atomic E-state index is 12.0. The summed E-state index contributed by atoms with van der Waals surface area (Å²) in [7, 11) is 3.75. The molecule has 0 radical (unpaired) electrons. The van der Waals surface area contributed by atoms with Crippen molar-refractivity contribution in [1.29, 1.82) is 0 Å². The molecule has 1 atom stereocenters. The minimum atomic E-state index is -0.354. The molecule has 1 aromatic rings. The van der Waals surface area contributed by atoms with Crippen LogP contribution in [0.4, 0.5) is 0 Å². The Hall–Kier alpha value is -0.870. The highest BCUT2D eigenvalue weighted by Crippen LogP contribution is 2.26. The molecule has 0 aliphatic carbocycles. The second-order valence-corrected chi connectivity index (χ2v) is 5.03. The van der Waals surface area contributed by atoms with Crippen LogP contribution in [0.5, 0.6) is 0 Å². The molecule has 1 rings (SSSR count). The van der Waals surface area contributed by atoms with Gasteiger partial charge in [-0.3, -0.25) is 4.90 Å². The molecule has 0 bridgehead atoms. The highest BCUT2D eigenvalue weighted by Gasteiger charge is 2.25. The summed E-state index contributed by atoms with van der Waals surface area (Å²) < 4.78 is 6.09. The molecule has 0 heterocycles. The largest absolute Gasteiger partial charge is 0.465 e. The van der Waals surface area contributed by atoms with E-state index in [4.69, 9.17) is 4.74 Å². The van der Waals surface area contributed by atoms with Gasteiger partial charge in [0.25, 0.3) is 0 Å². The van der Waals surface area contributed by atoms with Gasteiger partial charge in [-0.1, -0.05) is 22.0 Å². The molecular formula is C13H18BrNO2. The molecule has 0 spiro atoms. The van der Waals surface area contributed by atoms with Crippen molar-refractivity contribution >= 4 is 21.9 Å². The number of esters is 1. The minimum absolute atomic E-state index is 0.210. The van der Waals surface area contributed by atoms with Crippen LogP contribution >= 0.6 is 15.9 Å². The number of hydrogen-bond donors (Lipinski definition) is 0. The summed E-state index contributed by atoms with van der Waals surface area (Å²) in [6.45, 7) is 4.21. The number of halogens is 1. The van der Waals surface area contributed by atoms with Gasteiger partial charge in [-0.05, 0) is 51.2 Å². The van der Waals surface area contributed by atoms with E-state index in [2.05, 4.69) is 15.9 Å². The van der Waals surface area contributed by atoms with Gasteiger partial charge in [0.2, 0.25) is 0 Å². The fourth-order valence-electron chi connectivity index (χ4n) is 1.74. The zero-order chi connectivity index (χ0) is 13.0. The predicted octanol–water partition coefficient (Wildman–Crippen LogP) is 2.92. The van der Waals surface area contributed by atoms with Gasteiger partial charge in [0.15, 0.2) is 0 Å². The van der Waals surface area contributed by atoms with Crippen molar-refractivity contribution in [3.8, 4) is 0 Å². The fourth-order valence-corrected chi connectivity index (χ4v) is 2.12. The van der Waals surface area contributed by atoms with Crippen molar-refractivity contribution in [2.75, 3.05) is 20.7 Å². The minimum Gasteiger partial charge on any atom is -0.465 e. The lowest BCUT2D eigenvalue weighted by Gasteiger charge is -2.24. The molecule has 17 heavy (non-hydrogen) atoms. The van der Waals surface area contributed by atoms with E-state index in [1.54, 1.807) is 0 Å². The molecule has 4 heteroatoms. The number of aryl methyl sites for hydroxylation is 1. The first-order valence-electron chi connectivity index (χ1n) is 5.56. The van der Waals surface area contributed by atoms with E-state index >= 15 is 0 Å². The van der Waals surface area contributed by atoms with E-state index in [9.17, 15) is 4.79 Å². The summed E-state index contributed by atoms with van der Waals surface area (Å²) in [6.07, 6.45) is 0. The normalized spacial score (nSPS) is 12.6. The average Bonchev–Trinajstić information content (AvgIpc) is 2.23. The number of carbonyl (C=O) groups excluding carboxylic acids is 1. The van der Waals surface area contributed by atoms with E-state index in [1.165, 1.54) is 0 Å². The fraction of sp³-hybridized carbons (Fsp3) is 0.462. The van der Waals surface area contributed by atoms with Gasteiger partial charge >= 0.3 is 5.97 Å². The van der Waals surface area contributed by atoms with Gasteiger partial charge in [0.05, 0.1) is 6.61 Å². The zero-order valence-corrected chi connectivity index (χ0v) is 12.2. The monoisotopic (exact) mass is 299 g/mol. The Balaban J connectivity index is 3.13. The number of benzene rings is 1. The smallest absolute Gasteiger partial charge is 0.327 e. The topological polar surface area (TPSA) is 29.5 Å². The molecule has 0 aliphatic heterocycles. The summed E-state index contributed by atoms with van der Waals surface area (Å²) in [5.74, 6) is -0.210. The van der Waals surface area contributed by atoms with E-state index in [-0.39, 0.29) is 12.0 Å². The molecule has 0 N–H and O–H groups in total. The Kier molecular flexibility index (Phi) is 5.15. The van der Waals surface area contributed by atoms with Gasteiger partial charge < -0.3 is 4.74 Å². The number of carbonyl (C=O) groups is 1. The van der Waals surface area contributed by atoms with E-state index in [0.717, 1.165) is 15.6 Å². The van der Waals surface area contributed by atoms with Crippen LogP contribution in [0, 0.1) is 6.92 Å². The standard InChI is InChI=1S/C13H18BrNO2/c1-5-17-13(16)12(15(3)4)11-8-10(14)7-6-9(11)2/h6-8,12H,5H2,1-4H3. The first kappa shape index (κ1) is 14.2. The van der Waals surface area contributed by atoms with E-state index < -0.39 is 0 Å². The van der Waals surface area contributed by atoms with Gasteiger partial charge in [0.1, 0.15) is 6.04 Å². The van der Waals surface area contributed by atoms with Crippen LogP contribution in [0.25, 0.3) is 0 Å². The molecule has 94 valence electrons. The summed E-state index contributed by atoms with van der Waals surface area (Å²) >= 11 is 3.43. The average molecular weight is 300 g/mol. The molecule has 0 amide bonds. The summed E-state index contributed by atoms with van der Waals surface area (Å²) in [4.78, 5) is 13.8. The third kappa shape index (κ3) is 3.54. The number of nitrogens with zero attached hydrogens (tertiary/aromatic N) is 1. The Morgan fingerprint density at radius 3 is 2.65 bits per heavy atom. The van der Waals surface area contributed by atoms with Gasteiger partial charge in [-0.25, -0.2) is 4.79 Å². The quantitative estimate of drug-likeness (QED) is 0.801. The van der Waals surface area contributed by atoms with Crippen molar-refractivity contribution in [2.24, 2.45) is 0 Å². The highest BCUT2D eigenvalue weighted by molar-refractivity contribution is 9.10. The molecule has 1 unspecified atom stereocenters. The second kappa shape index (κ2) is 6.17. The molecular weight excluding hydrogens is 282 g/mol. The van der Waals surface area contributed by atoms with Crippen molar-refractivity contribution in [1.82, 2.24) is 4.90 Å². The molecule has 0 saturated heterocycles. The molecule has 0 aromatic heterocycles. The van der Waals surface area contributed by atoms with Crippen molar-refractivity contribution in [3.63, 3.8) is 0 Å². The van der Waals surface area contributed by atoms with Gasteiger partial charge in [-0.2, -0.15) is 0 Å². The lowest BCUT2D eigenvalue weighted by atomic mass is 10.0. The predicted molar refractivity (Wildman–Crippen MR) is 71.9 cm³/mol. The van der Waals surface area contributed by atoms with Gasteiger partial charge in [0, 0.05) is 4.47 Å². The van der Waals surface area contributed by atoms with Crippen LogP contribution in [0.15, 0.2) is 22.7 Å². The van der Waals surface area contributed by atoms with Crippen LogP contribution in [-0.4, -0.2) is 31.6 Å².